The van der Waals surface area contributed by atoms with E-state index in [4.69, 9.17) is 14.6 Å². The van der Waals surface area contributed by atoms with Gasteiger partial charge in [-0.2, -0.15) is 0 Å². The summed E-state index contributed by atoms with van der Waals surface area (Å²) in [4.78, 5) is 11.7. The lowest BCUT2D eigenvalue weighted by molar-refractivity contribution is -0.139. The highest BCUT2D eigenvalue weighted by atomic mass is 19.1. The van der Waals surface area contributed by atoms with E-state index in [-0.39, 0.29) is 23.9 Å². The number of hydrogen-bond acceptors (Lipinski definition) is 4. The van der Waals surface area contributed by atoms with E-state index in [1.807, 2.05) is 6.07 Å². The van der Waals surface area contributed by atoms with Crippen LogP contribution < -0.4 is 0 Å². The van der Waals surface area contributed by atoms with Gasteiger partial charge in [0.2, 0.25) is 0 Å². The van der Waals surface area contributed by atoms with Gasteiger partial charge in [0.25, 0.3) is 0 Å². The Kier molecular flexibility index (Phi) is 12.7. The van der Waals surface area contributed by atoms with E-state index < -0.39 is 12.6 Å². The maximum absolute atomic E-state index is 15.0. The molecule has 1 saturated carbocycles. The molecular weight excluding hydrogens is 419 g/mol. The van der Waals surface area contributed by atoms with Gasteiger partial charge in [0, 0.05) is 13.7 Å². The topological polar surface area (TPSA) is 55.8 Å². The number of hydrogen-bond donors (Lipinski definition) is 1. The van der Waals surface area contributed by atoms with Crippen LogP contribution in [-0.4, -0.2) is 38.0 Å². The maximum Gasteiger partial charge on any atom is 0.335 e. The number of aliphatic hydroxyl groups excluding tert-OH is 1. The molecule has 2 rings (SSSR count). The van der Waals surface area contributed by atoms with Crippen molar-refractivity contribution in [2.45, 2.75) is 83.5 Å². The fourth-order valence-electron chi connectivity index (χ4n) is 4.88. The SMILES string of the molecule is C=C(CO)C(=O)OCCC(CCOC)Cc1ccc(C2CCC(CCCCC)CC2)cc1F. The van der Waals surface area contributed by atoms with Gasteiger partial charge >= 0.3 is 5.97 Å². The molecule has 0 aromatic heterocycles. The molecule has 0 saturated heterocycles. The van der Waals surface area contributed by atoms with Crippen molar-refractivity contribution >= 4 is 5.97 Å². The minimum Gasteiger partial charge on any atom is -0.462 e. The van der Waals surface area contributed by atoms with Crippen molar-refractivity contribution in [1.82, 2.24) is 0 Å². The standard InChI is InChI=1S/C28H43FO4/c1-4-5-6-7-22-8-10-24(11-9-22)25-12-13-26(27(29)19-25)18-23(14-16-32-3)15-17-33-28(31)21(2)20-30/h12-13,19,22-24,30H,2,4-11,14-18,20H2,1,3H3. The Labute approximate surface area is 199 Å². The van der Waals surface area contributed by atoms with Gasteiger partial charge in [0.1, 0.15) is 5.82 Å². The van der Waals surface area contributed by atoms with Crippen LogP contribution in [0.25, 0.3) is 0 Å². The largest absolute Gasteiger partial charge is 0.462 e. The van der Waals surface area contributed by atoms with Crippen LogP contribution in [0.4, 0.5) is 4.39 Å². The summed E-state index contributed by atoms with van der Waals surface area (Å²) in [6.07, 6.45) is 12.1. The summed E-state index contributed by atoms with van der Waals surface area (Å²) in [5.74, 6) is 0.740. The van der Waals surface area contributed by atoms with Gasteiger partial charge in [0.15, 0.2) is 0 Å². The van der Waals surface area contributed by atoms with E-state index in [0.717, 1.165) is 30.7 Å². The summed E-state index contributed by atoms with van der Waals surface area (Å²) in [5, 5.41) is 8.97. The Bertz CT molecular complexity index is 725. The van der Waals surface area contributed by atoms with Crippen molar-refractivity contribution in [3.05, 3.63) is 47.3 Å². The van der Waals surface area contributed by atoms with E-state index >= 15 is 4.39 Å². The molecule has 0 bridgehead atoms. The lowest BCUT2D eigenvalue weighted by atomic mass is 9.77. The number of unbranched alkanes of at least 4 members (excludes halogenated alkanes) is 2. The minimum atomic E-state index is -0.585. The number of esters is 1. The summed E-state index contributed by atoms with van der Waals surface area (Å²) in [6.45, 7) is 6.10. The molecule has 5 heteroatoms. The normalized spacial score (nSPS) is 19.3. The lowest BCUT2D eigenvalue weighted by Crippen LogP contribution is -2.16. The number of benzene rings is 1. The molecule has 1 unspecified atom stereocenters. The fourth-order valence-corrected chi connectivity index (χ4v) is 4.88. The first-order valence-corrected chi connectivity index (χ1v) is 12.7. The van der Waals surface area contributed by atoms with Gasteiger partial charge in [0.05, 0.1) is 18.8 Å². The maximum atomic E-state index is 15.0. The first kappa shape index (κ1) is 27.5. The quantitative estimate of drug-likeness (QED) is 0.187. The first-order valence-electron chi connectivity index (χ1n) is 12.7. The van der Waals surface area contributed by atoms with Crippen molar-refractivity contribution in [2.24, 2.45) is 11.8 Å². The molecule has 1 aromatic rings. The van der Waals surface area contributed by atoms with Gasteiger partial charge in [-0.05, 0) is 79.9 Å². The summed E-state index contributed by atoms with van der Waals surface area (Å²) < 4.78 is 25.4. The third-order valence-electron chi connectivity index (χ3n) is 7.09. The molecule has 33 heavy (non-hydrogen) atoms. The number of aliphatic hydroxyl groups is 1. The molecule has 1 aliphatic rings. The van der Waals surface area contributed by atoms with Gasteiger partial charge < -0.3 is 14.6 Å². The van der Waals surface area contributed by atoms with Crippen molar-refractivity contribution in [2.75, 3.05) is 26.9 Å². The highest BCUT2D eigenvalue weighted by molar-refractivity contribution is 5.87. The summed E-state index contributed by atoms with van der Waals surface area (Å²) in [5.41, 5.74) is 1.88. The van der Waals surface area contributed by atoms with Crippen LogP contribution in [0.5, 0.6) is 0 Å². The number of carbonyl (C=O) groups is 1. The zero-order chi connectivity index (χ0) is 24.1. The van der Waals surface area contributed by atoms with Crippen LogP contribution >= 0.6 is 0 Å². The fraction of sp³-hybridized carbons (Fsp3) is 0.679. The third kappa shape index (κ3) is 9.58. The van der Waals surface area contributed by atoms with Crippen LogP contribution in [0.15, 0.2) is 30.4 Å². The number of ether oxygens (including phenoxy) is 2. The van der Waals surface area contributed by atoms with E-state index in [1.54, 1.807) is 13.2 Å². The second-order valence-corrected chi connectivity index (χ2v) is 9.60. The van der Waals surface area contributed by atoms with Crippen molar-refractivity contribution in [3.63, 3.8) is 0 Å². The van der Waals surface area contributed by atoms with Crippen LogP contribution in [-0.2, 0) is 20.7 Å². The average molecular weight is 463 g/mol. The van der Waals surface area contributed by atoms with E-state index in [9.17, 15) is 4.79 Å². The second-order valence-electron chi connectivity index (χ2n) is 9.60. The Hall–Kier alpha value is -1.72. The number of halogens is 1. The van der Waals surface area contributed by atoms with Crippen LogP contribution in [0.1, 0.15) is 88.2 Å². The van der Waals surface area contributed by atoms with Crippen LogP contribution in [0.3, 0.4) is 0 Å². The minimum absolute atomic E-state index is 0.0417. The van der Waals surface area contributed by atoms with Gasteiger partial charge in [-0.25, -0.2) is 9.18 Å². The molecule has 1 fully saturated rings. The predicted molar refractivity (Wildman–Crippen MR) is 131 cm³/mol. The molecule has 1 N–H and O–H groups in total. The van der Waals surface area contributed by atoms with Crippen molar-refractivity contribution < 1.29 is 23.8 Å². The molecule has 1 aliphatic carbocycles. The Morgan fingerprint density at radius 1 is 1.18 bits per heavy atom. The Balaban J connectivity index is 1.89. The smallest absolute Gasteiger partial charge is 0.335 e. The summed E-state index contributed by atoms with van der Waals surface area (Å²) in [6, 6.07) is 5.80. The molecule has 0 spiro atoms. The predicted octanol–water partition coefficient (Wildman–Crippen LogP) is 6.36. The zero-order valence-electron chi connectivity index (χ0n) is 20.6. The Morgan fingerprint density at radius 2 is 1.91 bits per heavy atom. The Morgan fingerprint density at radius 3 is 2.55 bits per heavy atom. The second kappa shape index (κ2) is 15.2. The third-order valence-corrected chi connectivity index (χ3v) is 7.09. The van der Waals surface area contributed by atoms with E-state index in [1.165, 1.54) is 38.5 Å². The molecular formula is C28H43FO4. The number of carbonyl (C=O) groups excluding carboxylic acids is 1. The van der Waals surface area contributed by atoms with Gasteiger partial charge in [-0.1, -0.05) is 51.3 Å². The molecule has 186 valence electrons. The molecule has 0 aliphatic heterocycles. The molecule has 0 amide bonds. The molecule has 4 nitrogen and oxygen atoms in total. The monoisotopic (exact) mass is 462 g/mol. The molecule has 0 radical (unpaired) electrons. The van der Waals surface area contributed by atoms with Gasteiger partial charge in [-0.3, -0.25) is 0 Å². The van der Waals surface area contributed by atoms with Gasteiger partial charge in [-0.15, -0.1) is 0 Å². The van der Waals surface area contributed by atoms with Crippen LogP contribution in [0.2, 0.25) is 0 Å². The summed E-state index contributed by atoms with van der Waals surface area (Å²) >= 11 is 0. The number of methoxy groups -OCH3 is 1. The first-order chi connectivity index (χ1) is 16.0. The highest BCUT2D eigenvalue weighted by Gasteiger charge is 2.23. The molecule has 1 atom stereocenters. The number of rotatable bonds is 15. The zero-order valence-corrected chi connectivity index (χ0v) is 20.6. The highest BCUT2D eigenvalue weighted by Crippen LogP contribution is 2.38. The van der Waals surface area contributed by atoms with Crippen LogP contribution in [0, 0.1) is 17.7 Å². The molecule has 1 aromatic carbocycles. The average Bonchev–Trinajstić information content (AvgIpc) is 2.83. The summed E-state index contributed by atoms with van der Waals surface area (Å²) in [7, 11) is 1.65. The van der Waals surface area contributed by atoms with E-state index in [0.29, 0.717) is 30.9 Å². The van der Waals surface area contributed by atoms with Crippen molar-refractivity contribution in [3.8, 4) is 0 Å². The molecule has 0 heterocycles. The van der Waals surface area contributed by atoms with Crippen molar-refractivity contribution in [1.29, 1.82) is 0 Å². The van der Waals surface area contributed by atoms with E-state index in [2.05, 4.69) is 19.6 Å². The lowest BCUT2D eigenvalue weighted by Gasteiger charge is -2.29.